The highest BCUT2D eigenvalue weighted by molar-refractivity contribution is 4.73. The van der Waals surface area contributed by atoms with E-state index in [1.807, 2.05) is 0 Å². The number of aliphatic hydroxyl groups is 2. The van der Waals surface area contributed by atoms with Crippen molar-refractivity contribution in [1.29, 1.82) is 0 Å². The van der Waals surface area contributed by atoms with Crippen LogP contribution in [0.4, 0.5) is 0 Å². The first kappa shape index (κ1) is 11.0. The van der Waals surface area contributed by atoms with Crippen LogP contribution in [0.2, 0.25) is 0 Å². The van der Waals surface area contributed by atoms with Gasteiger partial charge in [-0.25, -0.2) is 0 Å². The molecule has 0 spiro atoms. The molecule has 0 aromatic rings. The summed E-state index contributed by atoms with van der Waals surface area (Å²) in [6.45, 7) is 0. The zero-order valence-electron chi connectivity index (χ0n) is 8.34. The maximum Gasteiger partial charge on any atom is 0.221 e. The van der Waals surface area contributed by atoms with Gasteiger partial charge in [-0.2, -0.15) is 0 Å². The fraction of sp³-hybridized carbons (Fsp3) is 0.909. The Morgan fingerprint density at radius 3 is 1.46 bits per heavy atom. The van der Waals surface area contributed by atoms with Gasteiger partial charge in [-0.1, -0.05) is 44.9 Å². The van der Waals surface area contributed by atoms with E-state index in [2.05, 4.69) is 0 Å². The van der Waals surface area contributed by atoms with Crippen molar-refractivity contribution in [2.75, 3.05) is 0 Å². The molecule has 0 aromatic heterocycles. The molecule has 0 bridgehead atoms. The van der Waals surface area contributed by atoms with Gasteiger partial charge >= 0.3 is 0 Å². The molecule has 1 aliphatic carbocycles. The predicted molar refractivity (Wildman–Crippen MR) is 52.2 cm³/mol. The topological polar surface area (TPSA) is 40.5 Å². The summed E-state index contributed by atoms with van der Waals surface area (Å²) in [6, 6.07) is 0. The number of rotatable bonds is 1. The number of hydrogen-bond donors (Lipinski definition) is 2. The fourth-order valence-corrected chi connectivity index (χ4v) is 2.07. The Morgan fingerprint density at radius 1 is 0.692 bits per heavy atom. The third-order valence-electron chi connectivity index (χ3n) is 2.97. The molecule has 0 aliphatic heterocycles. The van der Waals surface area contributed by atoms with Crippen molar-refractivity contribution in [3.8, 4) is 0 Å². The number of aliphatic hydroxyl groups excluding tert-OH is 1. The molecule has 0 saturated heterocycles. The molecule has 0 amide bonds. The Kier molecular flexibility index (Phi) is 5.40. The lowest BCUT2D eigenvalue weighted by atomic mass is 9.92. The zero-order valence-corrected chi connectivity index (χ0v) is 8.34. The molecule has 77 valence electrons. The molecule has 0 heterocycles. The normalized spacial score (nSPS) is 23.3. The first-order valence-corrected chi connectivity index (χ1v) is 5.55. The second-order valence-electron chi connectivity index (χ2n) is 4.11. The standard InChI is InChI=1S/C11H21O2/c12-11(13)10-8-6-4-2-1-3-5-7-9-10/h10,12-13H,1-9H2. The fourth-order valence-electron chi connectivity index (χ4n) is 2.07. The van der Waals surface area contributed by atoms with E-state index in [4.69, 9.17) is 10.2 Å². The van der Waals surface area contributed by atoms with Gasteiger partial charge in [0.1, 0.15) is 0 Å². The maximum absolute atomic E-state index is 9.03. The first-order valence-electron chi connectivity index (χ1n) is 5.55. The monoisotopic (exact) mass is 185 g/mol. The average Bonchev–Trinajstić information content (AvgIpc) is 2.14. The second kappa shape index (κ2) is 6.39. The summed E-state index contributed by atoms with van der Waals surface area (Å²) in [7, 11) is 0. The predicted octanol–water partition coefficient (Wildman–Crippen LogP) is 3.36. The van der Waals surface area contributed by atoms with Crippen LogP contribution in [-0.2, 0) is 0 Å². The van der Waals surface area contributed by atoms with E-state index in [-0.39, 0.29) is 12.2 Å². The second-order valence-corrected chi connectivity index (χ2v) is 4.11. The molecule has 1 radical (unpaired) electrons. The summed E-state index contributed by atoms with van der Waals surface area (Å²) < 4.78 is 0. The van der Waals surface area contributed by atoms with Crippen molar-refractivity contribution in [1.82, 2.24) is 0 Å². The van der Waals surface area contributed by atoms with Gasteiger partial charge in [-0.3, -0.25) is 0 Å². The molecular weight excluding hydrogens is 164 g/mol. The van der Waals surface area contributed by atoms with Gasteiger partial charge in [0.2, 0.25) is 6.29 Å². The van der Waals surface area contributed by atoms with Crippen LogP contribution in [0.3, 0.4) is 0 Å². The minimum Gasteiger partial charge on any atom is -0.361 e. The van der Waals surface area contributed by atoms with E-state index in [9.17, 15) is 0 Å². The lowest BCUT2D eigenvalue weighted by Gasteiger charge is -2.18. The van der Waals surface area contributed by atoms with Crippen LogP contribution >= 0.6 is 0 Å². The molecular formula is C11H21O2. The van der Waals surface area contributed by atoms with E-state index in [1.165, 1.54) is 32.1 Å². The van der Waals surface area contributed by atoms with Crippen LogP contribution in [0, 0.1) is 12.2 Å². The van der Waals surface area contributed by atoms with E-state index in [0.29, 0.717) is 0 Å². The van der Waals surface area contributed by atoms with Crippen LogP contribution in [0.1, 0.15) is 57.8 Å². The molecule has 0 aromatic carbocycles. The molecule has 0 atom stereocenters. The lowest BCUT2D eigenvalue weighted by Crippen LogP contribution is -2.12. The molecule has 2 heteroatoms. The molecule has 0 unspecified atom stereocenters. The lowest BCUT2D eigenvalue weighted by molar-refractivity contribution is 0.0251. The average molecular weight is 185 g/mol. The Bertz CT molecular complexity index is 113. The summed E-state index contributed by atoms with van der Waals surface area (Å²) in [5, 5.41) is 18.1. The minimum atomic E-state index is -0.333. The van der Waals surface area contributed by atoms with Gasteiger partial charge in [0, 0.05) is 5.92 Å². The molecule has 2 nitrogen and oxygen atoms in total. The van der Waals surface area contributed by atoms with E-state index >= 15 is 0 Å². The van der Waals surface area contributed by atoms with Crippen molar-refractivity contribution < 1.29 is 10.2 Å². The van der Waals surface area contributed by atoms with Gasteiger partial charge in [0.05, 0.1) is 0 Å². The van der Waals surface area contributed by atoms with Crippen LogP contribution in [-0.4, -0.2) is 10.2 Å². The van der Waals surface area contributed by atoms with Crippen LogP contribution in [0.5, 0.6) is 0 Å². The van der Waals surface area contributed by atoms with Gasteiger partial charge in [-0.05, 0) is 12.8 Å². The zero-order chi connectivity index (χ0) is 9.52. The molecule has 1 fully saturated rings. The van der Waals surface area contributed by atoms with Crippen molar-refractivity contribution in [2.45, 2.75) is 57.8 Å². The molecule has 2 N–H and O–H groups in total. The maximum atomic E-state index is 9.03. The minimum absolute atomic E-state index is 0.0538. The highest BCUT2D eigenvalue weighted by Gasteiger charge is 2.17. The van der Waals surface area contributed by atoms with Gasteiger partial charge in [0.15, 0.2) is 0 Å². The van der Waals surface area contributed by atoms with E-state index in [1.54, 1.807) is 0 Å². The quantitative estimate of drug-likeness (QED) is 0.657. The Morgan fingerprint density at radius 2 is 1.08 bits per heavy atom. The Labute approximate surface area is 81.0 Å². The molecule has 1 saturated carbocycles. The smallest absolute Gasteiger partial charge is 0.221 e. The van der Waals surface area contributed by atoms with Crippen LogP contribution in [0.25, 0.3) is 0 Å². The Hall–Kier alpha value is -0.0800. The van der Waals surface area contributed by atoms with Crippen LogP contribution in [0.15, 0.2) is 0 Å². The van der Waals surface area contributed by atoms with Crippen molar-refractivity contribution in [2.24, 2.45) is 5.92 Å². The largest absolute Gasteiger partial charge is 0.361 e. The van der Waals surface area contributed by atoms with E-state index in [0.717, 1.165) is 25.7 Å². The summed E-state index contributed by atoms with van der Waals surface area (Å²) in [6.07, 6.45) is 10.4. The van der Waals surface area contributed by atoms with Crippen molar-refractivity contribution >= 4 is 0 Å². The highest BCUT2D eigenvalue weighted by atomic mass is 16.5. The van der Waals surface area contributed by atoms with Gasteiger partial charge < -0.3 is 10.2 Å². The Balaban J connectivity index is 2.26. The van der Waals surface area contributed by atoms with Crippen molar-refractivity contribution in [3.63, 3.8) is 0 Å². The van der Waals surface area contributed by atoms with Crippen LogP contribution < -0.4 is 0 Å². The SMILES string of the molecule is O[C](O)C1CCCCCCCCC1. The first-order chi connectivity index (χ1) is 6.30. The van der Waals surface area contributed by atoms with E-state index < -0.39 is 0 Å². The molecule has 13 heavy (non-hydrogen) atoms. The molecule has 1 rings (SSSR count). The number of hydrogen-bond acceptors (Lipinski definition) is 2. The third-order valence-corrected chi connectivity index (χ3v) is 2.97. The highest BCUT2D eigenvalue weighted by Crippen LogP contribution is 2.25. The van der Waals surface area contributed by atoms with Gasteiger partial charge in [0.25, 0.3) is 0 Å². The third kappa shape index (κ3) is 4.63. The molecule has 1 aliphatic rings. The van der Waals surface area contributed by atoms with Gasteiger partial charge in [-0.15, -0.1) is 0 Å². The summed E-state index contributed by atoms with van der Waals surface area (Å²) in [5.41, 5.74) is 0. The summed E-state index contributed by atoms with van der Waals surface area (Å²) in [5.74, 6) is 0.0538. The summed E-state index contributed by atoms with van der Waals surface area (Å²) >= 11 is 0. The summed E-state index contributed by atoms with van der Waals surface area (Å²) in [4.78, 5) is 0. The van der Waals surface area contributed by atoms with Crippen molar-refractivity contribution in [3.05, 3.63) is 6.29 Å².